The Kier molecular flexibility index (Phi) is 29.3. The number of amidine groups is 1. The van der Waals surface area contributed by atoms with Crippen LogP contribution < -0.4 is 66.4 Å². The molecule has 0 spiro atoms. The zero-order valence-corrected chi connectivity index (χ0v) is 80.9. The summed E-state index contributed by atoms with van der Waals surface area (Å²) in [6, 6.07) is 73.4. The number of oxazole rings is 4. The van der Waals surface area contributed by atoms with Crippen LogP contribution in [0.2, 0.25) is 5.15 Å². The standard InChI is InChI=1S/C21H20N4O3S.C20H17ClN4O2S.C20H19N5O2S.C20H18N4O3S.C20H22N4O2S/c1-29(2,27)25-17-5-3-4-16(11-17)24-21-23-12-20(28-21)15-6-7-18-14(10-15)8-9-22-19(18)13-26;2*1-28(2,26)25-16-5-3-4-15(11-16)24-20-23-12-18(27-20)14-6-7-17-13(10-14)8-9-22-19(17)21;1-28(2,26)23-18-5-3-4-17(11-18)22-20-21-12-19(27-20)15-6-7-16-13-24(25)9-8-14(16)10-15;1-27(2,25)24-18-5-3-4-17(11-18)23-20-22-13-19(26-20)15-6-7-16-12-21-9-8-14(16)10-15/h3-12,26H,1,13H2,2H3,(H,23,24)(H,25,27);3-12H,1H2,2H3,(H,23,24)(H,25,26);3-12H,1H2,2H3,(H2,21,22)(H,23,24)(H,25,26);3-13,25H,1H2,2H3,(H,23,26);3-7,10-11,13,21H,1,8-9,12H2,2H3,(H,22,23)(H,24,25). The van der Waals surface area contributed by atoms with Gasteiger partial charge in [-0.1, -0.05) is 96.5 Å². The number of nitrogens with one attached hydrogen (secondary N) is 10. The number of nitrogens with two attached hydrogens (primary N) is 1. The molecular formula is C101H96ClN21O12S5. The topological polar surface area (TPSA) is 452 Å². The number of rotatable bonds is 24. The maximum Gasteiger partial charge on any atom is 0.322 e. The van der Waals surface area contributed by atoms with E-state index in [1.54, 1.807) is 111 Å². The molecule has 33 nitrogen and oxygen atoms in total. The normalized spacial score (nSPS) is 15.1. The van der Waals surface area contributed by atoms with E-state index in [9.17, 15) is 31.4 Å². The highest BCUT2D eigenvalue weighted by atomic mass is 35.5. The van der Waals surface area contributed by atoms with Crippen LogP contribution in [0, 0.1) is 0 Å². The first-order chi connectivity index (χ1) is 67.0. The number of ether oxygens (including phenoxy) is 1. The summed E-state index contributed by atoms with van der Waals surface area (Å²) in [7, 11) is -11.8. The lowest BCUT2D eigenvalue weighted by Gasteiger charge is -2.17. The summed E-state index contributed by atoms with van der Waals surface area (Å²) in [6.07, 6.45) is 27.1. The number of halogens is 1. The lowest BCUT2D eigenvalue weighted by molar-refractivity contribution is 0.0323. The lowest BCUT2D eigenvalue weighted by Crippen LogP contribution is -2.23. The van der Waals surface area contributed by atoms with Crippen molar-refractivity contribution in [3.8, 4) is 45.3 Å². The number of benzene rings is 10. The molecule has 14 N–H and O–H groups in total. The first-order valence-corrected chi connectivity index (χ1v) is 53.8. The van der Waals surface area contributed by atoms with Crippen molar-refractivity contribution in [1.29, 1.82) is 0 Å². The molecule has 3 aliphatic heterocycles. The molecule has 0 fully saturated rings. The van der Waals surface area contributed by atoms with Crippen LogP contribution in [0.5, 0.6) is 0 Å². The number of nitrogens with zero attached hydrogens (tertiary/aromatic N) is 10. The molecule has 0 saturated carbocycles. The average Bonchev–Trinajstić information content (AvgIpc) is 1.45. The minimum atomic E-state index is -2.37. The van der Waals surface area contributed by atoms with E-state index in [2.05, 4.69) is 143 Å². The third-order valence-corrected chi connectivity index (χ3v) is 24.1. The molecule has 0 bridgehead atoms. The molecule has 3 aliphatic rings. The number of aliphatic imine (C=N–C) groups is 2. The SMILES string of the molecule is C=S(C)(=O)Nc1cccc(N=C2N=CC(=c3ccc4c(c3)C=CN(O)C=4)O2)c1.C=S(C)(=O)Nc1cccc(Nc2ncc(-c3ccc4c(CO)nccc4c3)o2)c1.C=S(C)(=O)Nc1cccc(Nc2ncc(-c3ccc4c(Cl)nccc4c3)o2)c1.C=S(C)(=O)Nc1cccc(Nc2ncc(-c3ccc4c(N)nccc4c3)o2)c1.C=S(C)(=O)Nc1cccc(Nc2ncc(-c3ccc4c(c3)CCNC4)o2)c1. The van der Waals surface area contributed by atoms with Gasteiger partial charge in [0.15, 0.2) is 28.8 Å². The maximum atomic E-state index is 11.8. The van der Waals surface area contributed by atoms with Crippen molar-refractivity contribution in [3.63, 3.8) is 0 Å². The van der Waals surface area contributed by atoms with Gasteiger partial charge in [0.2, 0.25) is 0 Å². The molecule has 10 heterocycles. The number of aliphatic hydroxyl groups is 1. The average molecular weight is 1990 g/mol. The van der Waals surface area contributed by atoms with Crippen LogP contribution >= 0.6 is 11.6 Å². The number of pyridine rings is 3. The zero-order valence-electron chi connectivity index (χ0n) is 76.1. The first kappa shape index (κ1) is 97.1. The lowest BCUT2D eigenvalue weighted by atomic mass is 9.98. The fraction of sp³-hybridized carbons (Fsp3) is 0.0891. The molecule has 0 aliphatic carbocycles. The molecule has 39 heteroatoms. The van der Waals surface area contributed by atoms with Gasteiger partial charge >= 0.3 is 6.02 Å². The molecule has 10 aromatic carbocycles. The van der Waals surface area contributed by atoms with Crippen LogP contribution in [0.25, 0.3) is 95.6 Å². The first-order valence-electron chi connectivity index (χ1n) is 42.7. The number of fused-ring (bicyclic) bond motifs is 5. The maximum absolute atomic E-state index is 11.8. The molecule has 0 amide bonds. The molecule has 714 valence electrons. The second-order valence-electron chi connectivity index (χ2n) is 32.7. The highest BCUT2D eigenvalue weighted by Gasteiger charge is 2.20. The number of aromatic nitrogens is 7. The molecule has 5 atom stereocenters. The molecule has 20 rings (SSSR count). The largest absolute Gasteiger partial charge is 0.423 e. The van der Waals surface area contributed by atoms with Crippen LogP contribution in [0.15, 0.2) is 308 Å². The Bertz CT molecular complexity index is 8210. The summed E-state index contributed by atoms with van der Waals surface area (Å²) < 4.78 is 103. The van der Waals surface area contributed by atoms with Gasteiger partial charge in [-0.25, -0.2) is 56.0 Å². The minimum Gasteiger partial charge on any atom is -0.423 e. The molecule has 17 aromatic rings. The van der Waals surface area contributed by atoms with Crippen LogP contribution in [0.1, 0.15) is 22.4 Å². The van der Waals surface area contributed by atoms with E-state index < -0.39 is 48.5 Å². The van der Waals surface area contributed by atoms with Crippen molar-refractivity contribution in [2.45, 2.75) is 19.6 Å². The van der Waals surface area contributed by atoms with Crippen molar-refractivity contribution < 1.29 is 53.8 Å². The van der Waals surface area contributed by atoms with Gasteiger partial charge in [-0.2, -0.15) is 9.98 Å². The van der Waals surface area contributed by atoms with E-state index in [0.717, 1.165) is 129 Å². The Morgan fingerprint density at radius 1 is 0.450 bits per heavy atom. The minimum absolute atomic E-state index is 0.109. The predicted octanol–water partition coefficient (Wildman–Crippen LogP) is 17.7. The van der Waals surface area contributed by atoms with E-state index in [1.165, 1.54) is 23.6 Å². The van der Waals surface area contributed by atoms with Gasteiger partial charge in [-0.3, -0.25) is 10.2 Å². The zero-order chi connectivity index (χ0) is 98.5. The molecule has 0 radical (unpaired) electrons. The summed E-state index contributed by atoms with van der Waals surface area (Å²) in [5, 5.41) is 43.6. The van der Waals surface area contributed by atoms with Crippen LogP contribution in [-0.4, -0.2) is 151 Å². The summed E-state index contributed by atoms with van der Waals surface area (Å²) >= 11 is 6.12. The molecular weight excluding hydrogens is 1900 g/mol. The summed E-state index contributed by atoms with van der Waals surface area (Å²) in [4.78, 5) is 38.1. The fourth-order valence-electron chi connectivity index (χ4n) is 14.6. The van der Waals surface area contributed by atoms with Crippen molar-refractivity contribution in [1.82, 2.24) is 45.3 Å². The predicted molar refractivity (Wildman–Crippen MR) is 577 cm³/mol. The van der Waals surface area contributed by atoms with Crippen LogP contribution in [0.3, 0.4) is 0 Å². The van der Waals surface area contributed by atoms with E-state index in [1.807, 2.05) is 188 Å². The highest BCUT2D eigenvalue weighted by molar-refractivity contribution is 8.02. The second-order valence-corrected chi connectivity index (χ2v) is 44.2. The van der Waals surface area contributed by atoms with Gasteiger partial charge < -0.3 is 83.4 Å². The fourth-order valence-corrected chi connectivity index (χ4v) is 17.9. The Hall–Kier alpha value is -16.0. The number of hydrogen-bond donors (Lipinski definition) is 13. The third-order valence-electron chi connectivity index (χ3n) is 20.5. The number of aliphatic hydroxyl groups excluding tert-OH is 1. The van der Waals surface area contributed by atoms with Gasteiger partial charge in [0, 0.05) is 217 Å². The van der Waals surface area contributed by atoms with Gasteiger partial charge in [-0.15, -0.1) is 0 Å². The summed E-state index contributed by atoms with van der Waals surface area (Å²) in [6.45, 7) is 1.81. The van der Waals surface area contributed by atoms with E-state index >= 15 is 0 Å². The van der Waals surface area contributed by atoms with Gasteiger partial charge in [0.05, 0.1) is 49.0 Å². The Morgan fingerprint density at radius 2 is 0.857 bits per heavy atom. The second kappa shape index (κ2) is 42.3. The third kappa shape index (κ3) is 27.0. The van der Waals surface area contributed by atoms with Crippen molar-refractivity contribution in [2.75, 3.05) is 88.4 Å². The van der Waals surface area contributed by atoms with Gasteiger partial charge in [0.25, 0.3) is 24.1 Å². The van der Waals surface area contributed by atoms with Crippen molar-refractivity contribution >= 4 is 239 Å². The number of nitrogen functional groups attached to an aromatic ring is 1. The van der Waals surface area contributed by atoms with E-state index in [-0.39, 0.29) is 12.6 Å². The number of hydroxylamine groups is 2. The van der Waals surface area contributed by atoms with E-state index in [0.29, 0.717) is 92.2 Å². The van der Waals surface area contributed by atoms with Gasteiger partial charge in [-0.05, 0) is 227 Å². The summed E-state index contributed by atoms with van der Waals surface area (Å²) in [5.41, 5.74) is 21.0. The monoisotopic (exact) mass is 1990 g/mol. The Labute approximate surface area is 813 Å². The molecule has 0 saturated heterocycles. The quantitative estimate of drug-likeness (QED) is 0.0197. The van der Waals surface area contributed by atoms with Gasteiger partial charge in [0.1, 0.15) is 11.0 Å². The van der Waals surface area contributed by atoms with Crippen LogP contribution in [-0.2, 0) is 72.8 Å². The molecule has 7 aromatic heterocycles. The summed E-state index contributed by atoms with van der Waals surface area (Å²) in [5.74, 6) is 21.7. The molecule has 140 heavy (non-hydrogen) atoms. The number of hydrogen-bond acceptors (Lipinski definition) is 27. The number of anilines is 14. The Morgan fingerprint density at radius 3 is 1.33 bits per heavy atom. The molecule has 5 unspecified atom stereocenters. The van der Waals surface area contributed by atoms with Crippen LogP contribution in [0.4, 0.5) is 86.8 Å². The smallest absolute Gasteiger partial charge is 0.322 e. The highest BCUT2D eigenvalue weighted by Crippen LogP contribution is 2.36. The van der Waals surface area contributed by atoms with E-state index in [4.69, 9.17) is 39.7 Å². The van der Waals surface area contributed by atoms with Crippen molar-refractivity contribution in [3.05, 3.63) is 318 Å². The van der Waals surface area contributed by atoms with Crippen molar-refractivity contribution in [2.24, 2.45) is 9.98 Å². The Balaban J connectivity index is 0.000000126.